The van der Waals surface area contributed by atoms with Gasteiger partial charge < -0.3 is 0 Å². The van der Waals surface area contributed by atoms with E-state index in [0.717, 1.165) is 32.5 Å². The first-order chi connectivity index (χ1) is 12.9. The van der Waals surface area contributed by atoms with Crippen LogP contribution in [0.1, 0.15) is 24.0 Å². The number of hydrogen-bond donors (Lipinski definition) is 1. The highest BCUT2D eigenvalue weighted by Gasteiger charge is 2.25. The molecule has 1 heterocycles. The monoisotopic (exact) mass is 423 g/mol. The minimum absolute atomic E-state index is 0.0621. The van der Waals surface area contributed by atoms with E-state index in [1.807, 2.05) is 30.3 Å². The molecule has 3 rings (SSSR count). The number of benzene rings is 2. The van der Waals surface area contributed by atoms with E-state index in [4.69, 9.17) is 28.5 Å². The normalized spacial score (nSPS) is 16.2. The molecule has 142 valence electrons. The van der Waals surface area contributed by atoms with Crippen molar-refractivity contribution < 1.29 is 8.42 Å². The Kier molecular flexibility index (Phi) is 6.40. The molecule has 1 aliphatic rings. The van der Waals surface area contributed by atoms with Crippen molar-refractivity contribution in [3.05, 3.63) is 63.6 Å². The smallest absolute Gasteiger partial charge is 0.240 e. The number of nitrogens with zero attached hydrogens (tertiary/aromatic N) is 2. The number of piperidine rings is 1. The number of sulfonamides is 1. The standard InChI is InChI=1S/C19H19Cl2N3O2S/c20-16-3-1-14(2-4-16)13-24-9-7-17(8-10-24)23-27(25,26)18-5-6-19(21)15(11-18)12-22/h1-6,11,17,23H,7-10,13H2. The highest BCUT2D eigenvalue weighted by atomic mass is 35.5. The van der Waals surface area contributed by atoms with Crippen LogP contribution in [-0.2, 0) is 16.6 Å². The Bertz CT molecular complexity index is 948. The van der Waals surface area contributed by atoms with Crippen LogP contribution in [-0.4, -0.2) is 32.4 Å². The van der Waals surface area contributed by atoms with E-state index in [1.54, 1.807) is 0 Å². The summed E-state index contributed by atoms with van der Waals surface area (Å²) in [6.45, 7) is 2.43. The molecule has 1 saturated heterocycles. The second-order valence-electron chi connectivity index (χ2n) is 6.55. The maximum absolute atomic E-state index is 12.6. The van der Waals surface area contributed by atoms with Crippen molar-refractivity contribution in [2.24, 2.45) is 0 Å². The third-order valence-corrected chi connectivity index (χ3v) is 6.70. The molecular formula is C19H19Cl2N3O2S. The Morgan fingerprint density at radius 2 is 1.78 bits per heavy atom. The summed E-state index contributed by atoms with van der Waals surface area (Å²) < 4.78 is 27.9. The van der Waals surface area contributed by atoms with Gasteiger partial charge in [0.05, 0.1) is 15.5 Å². The van der Waals surface area contributed by atoms with E-state index in [0.29, 0.717) is 5.02 Å². The van der Waals surface area contributed by atoms with E-state index >= 15 is 0 Å². The number of nitriles is 1. The van der Waals surface area contributed by atoms with Gasteiger partial charge >= 0.3 is 0 Å². The van der Waals surface area contributed by atoms with Crippen LogP contribution >= 0.6 is 23.2 Å². The molecule has 0 saturated carbocycles. The fourth-order valence-electron chi connectivity index (χ4n) is 3.10. The lowest BCUT2D eigenvalue weighted by atomic mass is 10.1. The average molecular weight is 424 g/mol. The largest absolute Gasteiger partial charge is 0.299 e. The first-order valence-corrected chi connectivity index (χ1v) is 10.8. The molecule has 1 aliphatic heterocycles. The van der Waals surface area contributed by atoms with Crippen LogP contribution in [0.5, 0.6) is 0 Å². The van der Waals surface area contributed by atoms with E-state index in [9.17, 15) is 8.42 Å². The van der Waals surface area contributed by atoms with Crippen LogP contribution < -0.4 is 4.72 Å². The van der Waals surface area contributed by atoms with Gasteiger partial charge in [-0.2, -0.15) is 5.26 Å². The third kappa shape index (κ3) is 5.22. The minimum Gasteiger partial charge on any atom is -0.299 e. The number of rotatable bonds is 5. The number of hydrogen-bond acceptors (Lipinski definition) is 4. The van der Waals surface area contributed by atoms with Crippen molar-refractivity contribution in [3.63, 3.8) is 0 Å². The summed E-state index contributed by atoms with van der Waals surface area (Å²) in [4.78, 5) is 2.36. The fourth-order valence-corrected chi connectivity index (χ4v) is 4.72. The zero-order valence-corrected chi connectivity index (χ0v) is 16.9. The highest BCUT2D eigenvalue weighted by Crippen LogP contribution is 2.21. The fraction of sp³-hybridized carbons (Fsp3) is 0.316. The molecule has 27 heavy (non-hydrogen) atoms. The predicted molar refractivity (Wildman–Crippen MR) is 106 cm³/mol. The summed E-state index contributed by atoms with van der Waals surface area (Å²) in [5.41, 5.74) is 1.33. The van der Waals surface area contributed by atoms with Crippen molar-refractivity contribution in [1.82, 2.24) is 9.62 Å². The van der Waals surface area contributed by atoms with Crippen LogP contribution in [0.2, 0.25) is 10.0 Å². The van der Waals surface area contributed by atoms with Crippen molar-refractivity contribution in [1.29, 1.82) is 5.26 Å². The maximum Gasteiger partial charge on any atom is 0.240 e. The minimum atomic E-state index is -3.68. The van der Waals surface area contributed by atoms with Crippen molar-refractivity contribution in [3.8, 4) is 6.07 Å². The van der Waals surface area contributed by atoms with Gasteiger partial charge in [0.1, 0.15) is 6.07 Å². The van der Waals surface area contributed by atoms with Gasteiger partial charge in [-0.1, -0.05) is 35.3 Å². The molecule has 0 bridgehead atoms. The first-order valence-electron chi connectivity index (χ1n) is 8.56. The van der Waals surface area contributed by atoms with Crippen LogP contribution in [0.4, 0.5) is 0 Å². The van der Waals surface area contributed by atoms with Crippen molar-refractivity contribution >= 4 is 33.2 Å². The molecule has 0 unspecified atom stereocenters. The van der Waals surface area contributed by atoms with Crippen LogP contribution in [0.3, 0.4) is 0 Å². The lowest BCUT2D eigenvalue weighted by Gasteiger charge is -2.32. The molecule has 2 aromatic carbocycles. The van der Waals surface area contributed by atoms with Gasteiger partial charge in [0.15, 0.2) is 0 Å². The van der Waals surface area contributed by atoms with Crippen molar-refractivity contribution in [2.45, 2.75) is 30.3 Å². The summed E-state index contributed by atoms with van der Waals surface area (Å²) in [6, 6.07) is 13.7. The summed E-state index contributed by atoms with van der Waals surface area (Å²) >= 11 is 11.8. The molecule has 8 heteroatoms. The first kappa shape index (κ1) is 20.1. The third-order valence-electron chi connectivity index (χ3n) is 4.60. The van der Waals surface area contributed by atoms with Gasteiger partial charge in [0.2, 0.25) is 10.0 Å². The summed E-state index contributed by atoms with van der Waals surface area (Å²) in [6.07, 6.45) is 1.46. The lowest BCUT2D eigenvalue weighted by molar-refractivity contribution is 0.200. The van der Waals surface area contributed by atoms with Gasteiger partial charge in [-0.3, -0.25) is 4.90 Å². The average Bonchev–Trinajstić information content (AvgIpc) is 2.65. The summed E-state index contributed by atoms with van der Waals surface area (Å²) in [5, 5.41) is 9.99. The lowest BCUT2D eigenvalue weighted by Crippen LogP contribution is -2.44. The van der Waals surface area contributed by atoms with Crippen LogP contribution in [0.15, 0.2) is 47.4 Å². The van der Waals surface area contributed by atoms with E-state index in [1.165, 1.54) is 23.8 Å². The molecule has 0 aliphatic carbocycles. The molecule has 1 N–H and O–H groups in total. The maximum atomic E-state index is 12.6. The zero-order valence-electron chi connectivity index (χ0n) is 14.5. The van der Waals surface area contributed by atoms with E-state index in [2.05, 4.69) is 9.62 Å². The van der Waals surface area contributed by atoms with E-state index < -0.39 is 10.0 Å². The molecule has 0 spiro atoms. The van der Waals surface area contributed by atoms with Gasteiger partial charge in [-0.15, -0.1) is 0 Å². The van der Waals surface area contributed by atoms with E-state index in [-0.39, 0.29) is 21.5 Å². The number of halogens is 2. The Morgan fingerprint density at radius 1 is 1.11 bits per heavy atom. The van der Waals surface area contributed by atoms with Crippen LogP contribution in [0, 0.1) is 11.3 Å². The summed E-state index contributed by atoms with van der Waals surface area (Å²) in [5.74, 6) is 0. The Hall–Kier alpha value is -1.62. The number of nitrogens with one attached hydrogen (secondary N) is 1. The molecule has 2 aromatic rings. The second-order valence-corrected chi connectivity index (χ2v) is 9.11. The molecule has 0 atom stereocenters. The molecule has 0 amide bonds. The summed E-state index contributed by atoms with van der Waals surface area (Å²) in [7, 11) is -3.68. The van der Waals surface area contributed by atoms with Gasteiger partial charge in [0, 0.05) is 30.7 Å². The Balaban J connectivity index is 1.58. The highest BCUT2D eigenvalue weighted by molar-refractivity contribution is 7.89. The Morgan fingerprint density at radius 3 is 2.41 bits per heavy atom. The molecule has 0 radical (unpaired) electrons. The van der Waals surface area contributed by atoms with Gasteiger partial charge in [-0.05, 0) is 48.7 Å². The van der Waals surface area contributed by atoms with Crippen molar-refractivity contribution in [2.75, 3.05) is 13.1 Å². The SMILES string of the molecule is N#Cc1cc(S(=O)(=O)NC2CCN(Cc3ccc(Cl)cc3)CC2)ccc1Cl. The molecule has 0 aromatic heterocycles. The zero-order chi connectivity index (χ0) is 19.4. The van der Waals surface area contributed by atoms with Gasteiger partial charge in [0.25, 0.3) is 0 Å². The molecule has 5 nitrogen and oxygen atoms in total. The molecular weight excluding hydrogens is 405 g/mol. The topological polar surface area (TPSA) is 73.2 Å². The number of likely N-dealkylation sites (tertiary alicyclic amines) is 1. The predicted octanol–water partition coefficient (Wildman–Crippen LogP) is 3.81. The van der Waals surface area contributed by atoms with Gasteiger partial charge in [-0.25, -0.2) is 13.1 Å². The Labute approximate surface area is 169 Å². The molecule has 1 fully saturated rings. The quantitative estimate of drug-likeness (QED) is 0.793. The van der Waals surface area contributed by atoms with Crippen LogP contribution in [0.25, 0.3) is 0 Å². The second kappa shape index (κ2) is 8.59.